The first kappa shape index (κ1) is 17.1. The van der Waals surface area contributed by atoms with Gasteiger partial charge in [-0.15, -0.1) is 0 Å². The molecule has 2 aromatic rings. The van der Waals surface area contributed by atoms with Crippen molar-refractivity contribution in [2.45, 2.75) is 32.2 Å². The number of aryl methyl sites for hydroxylation is 1. The maximum absolute atomic E-state index is 4.29. The summed E-state index contributed by atoms with van der Waals surface area (Å²) >= 11 is 0. The first-order chi connectivity index (χ1) is 11.1. The maximum Gasteiger partial charge on any atom is 0.191 e. The van der Waals surface area contributed by atoms with E-state index >= 15 is 0 Å². The highest BCUT2D eigenvalue weighted by Gasteiger charge is 2.20. The van der Waals surface area contributed by atoms with E-state index in [0.29, 0.717) is 0 Å². The number of hydrogen-bond donors (Lipinski definition) is 2. The van der Waals surface area contributed by atoms with Crippen LogP contribution in [0.5, 0.6) is 0 Å². The standard InChI is InChI=1S/C18H27N5/c1-18(2,16-9-5-4-6-10-16)15-21-17(19-3)20-11-7-13-23-14-8-12-22-23/h4-6,8-10,12,14H,7,11,13,15H2,1-3H3,(H2,19,20,21). The molecule has 0 aliphatic carbocycles. The summed E-state index contributed by atoms with van der Waals surface area (Å²) in [5, 5.41) is 11.0. The van der Waals surface area contributed by atoms with Crippen molar-refractivity contribution in [3.8, 4) is 0 Å². The van der Waals surface area contributed by atoms with Gasteiger partial charge in [-0.3, -0.25) is 9.67 Å². The predicted octanol–water partition coefficient (Wildman–Crippen LogP) is 2.42. The number of aliphatic imine (C=N–C) groups is 1. The molecule has 0 spiro atoms. The third kappa shape index (κ3) is 5.43. The summed E-state index contributed by atoms with van der Waals surface area (Å²) in [4.78, 5) is 4.29. The molecule has 0 aliphatic heterocycles. The summed E-state index contributed by atoms with van der Waals surface area (Å²) in [7, 11) is 1.80. The molecule has 0 saturated heterocycles. The van der Waals surface area contributed by atoms with E-state index in [2.05, 4.69) is 58.8 Å². The first-order valence-corrected chi connectivity index (χ1v) is 8.09. The Morgan fingerprint density at radius 2 is 1.96 bits per heavy atom. The predicted molar refractivity (Wildman–Crippen MR) is 95.7 cm³/mol. The average Bonchev–Trinajstić information content (AvgIpc) is 3.08. The third-order valence-corrected chi connectivity index (χ3v) is 3.89. The zero-order chi connectivity index (χ0) is 16.5. The van der Waals surface area contributed by atoms with E-state index in [-0.39, 0.29) is 5.41 Å². The molecule has 0 saturated carbocycles. The largest absolute Gasteiger partial charge is 0.356 e. The van der Waals surface area contributed by atoms with E-state index in [1.54, 1.807) is 13.2 Å². The van der Waals surface area contributed by atoms with Crippen molar-refractivity contribution in [2.24, 2.45) is 4.99 Å². The van der Waals surface area contributed by atoms with Crippen molar-refractivity contribution >= 4 is 5.96 Å². The van der Waals surface area contributed by atoms with E-state index in [1.807, 2.05) is 23.0 Å². The monoisotopic (exact) mass is 313 g/mol. The second kappa shape index (κ2) is 8.36. The van der Waals surface area contributed by atoms with E-state index in [1.165, 1.54) is 5.56 Å². The molecule has 5 nitrogen and oxygen atoms in total. The highest BCUT2D eigenvalue weighted by molar-refractivity contribution is 5.79. The number of nitrogens with zero attached hydrogens (tertiary/aromatic N) is 3. The topological polar surface area (TPSA) is 54.2 Å². The Bertz CT molecular complexity index is 587. The van der Waals surface area contributed by atoms with Crippen molar-refractivity contribution in [1.82, 2.24) is 20.4 Å². The number of benzene rings is 1. The zero-order valence-electron chi connectivity index (χ0n) is 14.3. The molecular weight excluding hydrogens is 286 g/mol. The summed E-state index contributed by atoms with van der Waals surface area (Å²) < 4.78 is 1.94. The fourth-order valence-electron chi connectivity index (χ4n) is 2.40. The third-order valence-electron chi connectivity index (χ3n) is 3.89. The lowest BCUT2D eigenvalue weighted by Crippen LogP contribution is -2.43. The Labute approximate surface area is 138 Å². The van der Waals surface area contributed by atoms with E-state index in [9.17, 15) is 0 Å². The van der Waals surface area contributed by atoms with Gasteiger partial charge in [0.15, 0.2) is 5.96 Å². The molecule has 1 heterocycles. The molecule has 1 aromatic heterocycles. The van der Waals surface area contributed by atoms with Crippen molar-refractivity contribution in [3.05, 3.63) is 54.4 Å². The van der Waals surface area contributed by atoms with Crippen LogP contribution in [0.2, 0.25) is 0 Å². The molecule has 2 N–H and O–H groups in total. The molecule has 1 aromatic carbocycles. The molecule has 23 heavy (non-hydrogen) atoms. The second-order valence-electron chi connectivity index (χ2n) is 6.23. The van der Waals surface area contributed by atoms with Crippen LogP contribution in [0.15, 0.2) is 53.8 Å². The van der Waals surface area contributed by atoms with E-state index in [4.69, 9.17) is 0 Å². The molecular formula is C18H27N5. The van der Waals surface area contributed by atoms with E-state index in [0.717, 1.165) is 32.0 Å². The fourth-order valence-corrected chi connectivity index (χ4v) is 2.40. The van der Waals surface area contributed by atoms with Crippen LogP contribution in [-0.4, -0.2) is 35.9 Å². The van der Waals surface area contributed by atoms with Gasteiger partial charge in [0.05, 0.1) is 0 Å². The highest BCUT2D eigenvalue weighted by atomic mass is 15.3. The van der Waals surface area contributed by atoms with Crippen LogP contribution in [0.25, 0.3) is 0 Å². The van der Waals surface area contributed by atoms with Crippen LogP contribution in [0.3, 0.4) is 0 Å². The van der Waals surface area contributed by atoms with E-state index < -0.39 is 0 Å². The Hall–Kier alpha value is -2.30. The molecule has 124 valence electrons. The minimum atomic E-state index is 0.0495. The van der Waals surface area contributed by atoms with Crippen LogP contribution >= 0.6 is 0 Å². The molecule has 0 fully saturated rings. The average molecular weight is 313 g/mol. The van der Waals surface area contributed by atoms with Gasteiger partial charge >= 0.3 is 0 Å². The second-order valence-corrected chi connectivity index (χ2v) is 6.23. The van der Waals surface area contributed by atoms with Crippen LogP contribution in [0, 0.1) is 0 Å². The summed E-state index contributed by atoms with van der Waals surface area (Å²) in [6.45, 7) is 7.08. The molecule has 0 radical (unpaired) electrons. The normalized spacial score (nSPS) is 12.2. The minimum absolute atomic E-state index is 0.0495. The van der Waals surface area contributed by atoms with Crippen molar-refractivity contribution < 1.29 is 0 Å². The summed E-state index contributed by atoms with van der Waals surface area (Å²) in [6.07, 6.45) is 4.79. The molecule has 0 aliphatic rings. The lowest BCUT2D eigenvalue weighted by Gasteiger charge is -2.26. The number of rotatable bonds is 7. The Morgan fingerprint density at radius 3 is 2.61 bits per heavy atom. The highest BCUT2D eigenvalue weighted by Crippen LogP contribution is 2.21. The number of guanidine groups is 1. The van der Waals surface area contributed by atoms with Gasteiger partial charge in [-0.2, -0.15) is 5.10 Å². The van der Waals surface area contributed by atoms with Crippen molar-refractivity contribution in [1.29, 1.82) is 0 Å². The van der Waals surface area contributed by atoms with Gasteiger partial charge < -0.3 is 10.6 Å². The smallest absolute Gasteiger partial charge is 0.191 e. The van der Waals surface area contributed by atoms with Crippen LogP contribution in [-0.2, 0) is 12.0 Å². The van der Waals surface area contributed by atoms with Gasteiger partial charge in [-0.1, -0.05) is 44.2 Å². The number of nitrogens with one attached hydrogen (secondary N) is 2. The molecule has 0 atom stereocenters. The SMILES string of the molecule is CN=C(NCCCn1cccn1)NCC(C)(C)c1ccccc1. The van der Waals surface area contributed by atoms with Crippen LogP contribution < -0.4 is 10.6 Å². The quantitative estimate of drug-likeness (QED) is 0.469. The summed E-state index contributed by atoms with van der Waals surface area (Å²) in [5.41, 5.74) is 1.37. The molecule has 0 unspecified atom stereocenters. The Balaban J connectivity index is 1.74. The molecule has 5 heteroatoms. The molecule has 2 rings (SSSR count). The first-order valence-electron chi connectivity index (χ1n) is 8.09. The van der Waals surface area contributed by atoms with Gasteiger partial charge in [-0.25, -0.2) is 0 Å². The van der Waals surface area contributed by atoms with Crippen molar-refractivity contribution in [2.75, 3.05) is 20.1 Å². The lowest BCUT2D eigenvalue weighted by molar-refractivity contribution is 0.506. The lowest BCUT2D eigenvalue weighted by atomic mass is 9.85. The fraction of sp³-hybridized carbons (Fsp3) is 0.444. The zero-order valence-corrected chi connectivity index (χ0v) is 14.3. The van der Waals surface area contributed by atoms with Gasteiger partial charge in [0.2, 0.25) is 0 Å². The summed E-state index contributed by atoms with van der Waals surface area (Å²) in [5.74, 6) is 0.842. The summed E-state index contributed by atoms with van der Waals surface area (Å²) in [6, 6.07) is 12.5. The Kier molecular flexibility index (Phi) is 6.20. The van der Waals surface area contributed by atoms with Gasteiger partial charge in [-0.05, 0) is 18.1 Å². The minimum Gasteiger partial charge on any atom is -0.356 e. The molecule has 0 bridgehead atoms. The van der Waals surface area contributed by atoms with Crippen LogP contribution in [0.1, 0.15) is 25.8 Å². The van der Waals surface area contributed by atoms with Crippen LogP contribution in [0.4, 0.5) is 0 Å². The van der Waals surface area contributed by atoms with Crippen molar-refractivity contribution in [3.63, 3.8) is 0 Å². The van der Waals surface area contributed by atoms with Gasteiger partial charge in [0, 0.05) is 44.5 Å². The number of hydrogen-bond acceptors (Lipinski definition) is 2. The Morgan fingerprint density at radius 1 is 1.17 bits per heavy atom. The molecule has 0 amide bonds. The maximum atomic E-state index is 4.29. The number of aromatic nitrogens is 2. The van der Waals surface area contributed by atoms with Gasteiger partial charge in [0.25, 0.3) is 0 Å². The van der Waals surface area contributed by atoms with Gasteiger partial charge in [0.1, 0.15) is 0 Å².